The number of aliphatic hydroxyl groups excluding tert-OH is 1. The number of nitrogens with zero attached hydrogens (tertiary/aromatic N) is 2. The van der Waals surface area contributed by atoms with Crippen molar-refractivity contribution in [1.82, 2.24) is 10.2 Å². The molecule has 4 heteroatoms. The fraction of sp³-hybridized carbons (Fsp3) is 0.143. The van der Waals surface area contributed by atoms with Crippen molar-refractivity contribution < 1.29 is 5.11 Å². The Kier molecular flexibility index (Phi) is 3.69. The monoisotopic (exact) mass is 241 g/mol. The Morgan fingerprint density at radius 3 is 2.78 bits per heavy atom. The van der Waals surface area contributed by atoms with E-state index >= 15 is 0 Å². The molecule has 0 radical (unpaired) electrons. The molecule has 0 bridgehead atoms. The van der Waals surface area contributed by atoms with Crippen LogP contribution in [0.3, 0.4) is 0 Å². The molecule has 0 spiro atoms. The average molecular weight is 241 g/mol. The predicted molar refractivity (Wildman–Crippen MR) is 70.9 cm³/mol. The second-order valence-corrected chi connectivity index (χ2v) is 4.13. The van der Waals surface area contributed by atoms with Gasteiger partial charge in [0.15, 0.2) is 0 Å². The molecular weight excluding hydrogens is 226 g/mol. The molecule has 1 heterocycles. The fourth-order valence-corrected chi connectivity index (χ4v) is 1.71. The summed E-state index contributed by atoms with van der Waals surface area (Å²) in [7, 11) is 0. The predicted octanol–water partition coefficient (Wildman–Crippen LogP) is 2.09. The first-order valence-electron chi connectivity index (χ1n) is 5.66. The molecule has 0 saturated heterocycles. The SMILES string of the molecule is C=C(O)C(N)Cc1cccc(-c2ccnnc2)c1. The topological polar surface area (TPSA) is 72.0 Å². The highest BCUT2D eigenvalue weighted by Crippen LogP contribution is 2.19. The summed E-state index contributed by atoms with van der Waals surface area (Å²) >= 11 is 0. The van der Waals surface area contributed by atoms with Gasteiger partial charge in [0.05, 0.1) is 18.4 Å². The first kappa shape index (κ1) is 12.3. The quantitative estimate of drug-likeness (QED) is 0.804. The average Bonchev–Trinajstić information content (AvgIpc) is 2.40. The third-order valence-corrected chi connectivity index (χ3v) is 2.73. The third-order valence-electron chi connectivity index (χ3n) is 2.73. The minimum Gasteiger partial charge on any atom is -0.511 e. The second kappa shape index (κ2) is 5.42. The molecular formula is C14H15N3O. The van der Waals surface area contributed by atoms with Gasteiger partial charge in [-0.05, 0) is 23.6 Å². The number of rotatable bonds is 4. The number of nitrogens with two attached hydrogens (primary N) is 1. The lowest BCUT2D eigenvalue weighted by Crippen LogP contribution is -2.24. The van der Waals surface area contributed by atoms with E-state index in [0.29, 0.717) is 6.42 Å². The molecule has 4 nitrogen and oxygen atoms in total. The Hall–Kier alpha value is -2.20. The zero-order valence-corrected chi connectivity index (χ0v) is 9.95. The largest absolute Gasteiger partial charge is 0.511 e. The molecule has 1 aromatic heterocycles. The molecule has 1 unspecified atom stereocenters. The van der Waals surface area contributed by atoms with Gasteiger partial charge in [-0.25, -0.2) is 0 Å². The van der Waals surface area contributed by atoms with Gasteiger partial charge < -0.3 is 10.8 Å². The van der Waals surface area contributed by atoms with Gasteiger partial charge in [0.2, 0.25) is 0 Å². The van der Waals surface area contributed by atoms with Crippen molar-refractivity contribution in [3.05, 3.63) is 60.6 Å². The number of aromatic nitrogens is 2. The van der Waals surface area contributed by atoms with Crippen LogP contribution in [0.25, 0.3) is 11.1 Å². The van der Waals surface area contributed by atoms with Crippen molar-refractivity contribution in [2.75, 3.05) is 0 Å². The molecule has 3 N–H and O–H groups in total. The van der Waals surface area contributed by atoms with Gasteiger partial charge in [0.1, 0.15) is 5.76 Å². The van der Waals surface area contributed by atoms with Crippen molar-refractivity contribution in [1.29, 1.82) is 0 Å². The highest BCUT2D eigenvalue weighted by atomic mass is 16.3. The molecule has 2 rings (SSSR count). The molecule has 0 fully saturated rings. The van der Waals surface area contributed by atoms with Crippen LogP contribution in [0.1, 0.15) is 5.56 Å². The van der Waals surface area contributed by atoms with Gasteiger partial charge in [-0.15, -0.1) is 0 Å². The van der Waals surface area contributed by atoms with Gasteiger partial charge >= 0.3 is 0 Å². The molecule has 18 heavy (non-hydrogen) atoms. The van der Waals surface area contributed by atoms with Crippen LogP contribution in [0.15, 0.2) is 55.1 Å². The van der Waals surface area contributed by atoms with Crippen LogP contribution in [-0.2, 0) is 6.42 Å². The summed E-state index contributed by atoms with van der Waals surface area (Å²) in [4.78, 5) is 0. The first-order chi connectivity index (χ1) is 8.66. The Morgan fingerprint density at radius 2 is 2.11 bits per heavy atom. The second-order valence-electron chi connectivity index (χ2n) is 4.13. The van der Waals surface area contributed by atoms with Crippen LogP contribution >= 0.6 is 0 Å². The van der Waals surface area contributed by atoms with E-state index in [-0.39, 0.29) is 5.76 Å². The fourth-order valence-electron chi connectivity index (χ4n) is 1.71. The van der Waals surface area contributed by atoms with E-state index in [1.54, 1.807) is 12.4 Å². The van der Waals surface area contributed by atoms with E-state index < -0.39 is 6.04 Å². The van der Waals surface area contributed by atoms with E-state index in [1.807, 2.05) is 30.3 Å². The van der Waals surface area contributed by atoms with Crippen LogP contribution < -0.4 is 5.73 Å². The maximum absolute atomic E-state index is 9.23. The summed E-state index contributed by atoms with van der Waals surface area (Å²) < 4.78 is 0. The maximum atomic E-state index is 9.23. The van der Waals surface area contributed by atoms with Crippen molar-refractivity contribution in [2.45, 2.75) is 12.5 Å². The first-order valence-corrected chi connectivity index (χ1v) is 5.66. The lowest BCUT2D eigenvalue weighted by atomic mass is 10.0. The van der Waals surface area contributed by atoms with Crippen molar-refractivity contribution in [3.8, 4) is 11.1 Å². The molecule has 1 aromatic carbocycles. The van der Waals surface area contributed by atoms with E-state index in [4.69, 9.17) is 5.73 Å². The highest BCUT2D eigenvalue weighted by Gasteiger charge is 2.07. The molecule has 0 aliphatic carbocycles. The molecule has 0 aliphatic heterocycles. The van der Waals surface area contributed by atoms with E-state index in [0.717, 1.165) is 16.7 Å². The van der Waals surface area contributed by atoms with Crippen LogP contribution in [0.5, 0.6) is 0 Å². The number of hydrogen-bond acceptors (Lipinski definition) is 4. The minimum atomic E-state index is -0.434. The summed E-state index contributed by atoms with van der Waals surface area (Å²) in [6, 6.07) is 9.42. The van der Waals surface area contributed by atoms with Gasteiger partial charge in [0.25, 0.3) is 0 Å². The normalized spacial score (nSPS) is 12.1. The van der Waals surface area contributed by atoms with Gasteiger partial charge in [-0.2, -0.15) is 10.2 Å². The third kappa shape index (κ3) is 2.93. The molecule has 1 atom stereocenters. The Bertz CT molecular complexity index is 540. The highest BCUT2D eigenvalue weighted by molar-refractivity contribution is 5.62. The summed E-state index contributed by atoms with van der Waals surface area (Å²) in [6.07, 6.45) is 3.93. The Balaban J connectivity index is 2.23. The lowest BCUT2D eigenvalue weighted by molar-refractivity contribution is 0.368. The van der Waals surface area contributed by atoms with Crippen LogP contribution in [0, 0.1) is 0 Å². The van der Waals surface area contributed by atoms with E-state index in [2.05, 4.69) is 16.8 Å². The van der Waals surface area contributed by atoms with Crippen molar-refractivity contribution >= 4 is 0 Å². The summed E-state index contributed by atoms with van der Waals surface area (Å²) in [5, 5.41) is 16.8. The zero-order chi connectivity index (χ0) is 13.0. The van der Waals surface area contributed by atoms with Crippen LogP contribution in [0.2, 0.25) is 0 Å². The number of aliphatic hydroxyl groups is 1. The molecule has 0 saturated carbocycles. The summed E-state index contributed by atoms with van der Waals surface area (Å²) in [6.45, 7) is 3.44. The van der Waals surface area contributed by atoms with Gasteiger partial charge in [-0.1, -0.05) is 30.8 Å². The Labute approximate surface area is 106 Å². The lowest BCUT2D eigenvalue weighted by Gasteiger charge is -2.10. The molecule has 0 amide bonds. The van der Waals surface area contributed by atoms with E-state index in [9.17, 15) is 5.11 Å². The Morgan fingerprint density at radius 1 is 1.28 bits per heavy atom. The maximum Gasteiger partial charge on any atom is 0.102 e. The number of hydrogen-bond donors (Lipinski definition) is 2. The van der Waals surface area contributed by atoms with E-state index in [1.165, 1.54) is 0 Å². The molecule has 0 aliphatic rings. The minimum absolute atomic E-state index is 0.00554. The van der Waals surface area contributed by atoms with Gasteiger partial charge in [-0.3, -0.25) is 0 Å². The number of benzene rings is 1. The van der Waals surface area contributed by atoms with Gasteiger partial charge in [0, 0.05) is 5.56 Å². The zero-order valence-electron chi connectivity index (χ0n) is 9.95. The van der Waals surface area contributed by atoms with Crippen LogP contribution in [0.4, 0.5) is 0 Å². The molecule has 92 valence electrons. The standard InChI is InChI=1S/C14H15N3O/c1-10(18)14(15)8-11-3-2-4-12(7-11)13-5-6-16-17-9-13/h2-7,9,14,18H,1,8,15H2. The molecule has 2 aromatic rings. The van der Waals surface area contributed by atoms with Crippen molar-refractivity contribution in [2.24, 2.45) is 5.73 Å². The summed E-state index contributed by atoms with van der Waals surface area (Å²) in [5.41, 5.74) is 8.87. The van der Waals surface area contributed by atoms with Crippen molar-refractivity contribution in [3.63, 3.8) is 0 Å². The van der Waals surface area contributed by atoms with Crippen LogP contribution in [-0.4, -0.2) is 21.3 Å². The summed E-state index contributed by atoms with van der Waals surface area (Å²) in [5.74, 6) is 0.00554. The smallest absolute Gasteiger partial charge is 0.102 e.